The Morgan fingerprint density at radius 3 is 2.61 bits per heavy atom. The van der Waals surface area contributed by atoms with E-state index in [0.717, 1.165) is 0 Å². The molecule has 1 rings (SSSR count). The molecule has 0 atom stereocenters. The highest BCUT2D eigenvalue weighted by Crippen LogP contribution is 2.14. The van der Waals surface area contributed by atoms with E-state index < -0.39 is 18.6 Å². The lowest BCUT2D eigenvalue weighted by molar-refractivity contribution is -0.123. The van der Waals surface area contributed by atoms with Crippen LogP contribution in [0.1, 0.15) is 23.0 Å². The van der Waals surface area contributed by atoms with Crippen LogP contribution in [0.15, 0.2) is 12.1 Å². The molecule has 0 aliphatic rings. The number of hydrogen-bond donors (Lipinski definition) is 3. The SMILES string of the molecule is CCc1cc(C(=O)NCC(F)(F)F)cc(NN)n1. The number of halogens is 3. The number of pyridine rings is 1. The first-order chi connectivity index (χ1) is 8.35. The van der Waals surface area contributed by atoms with Gasteiger partial charge in [0.1, 0.15) is 12.4 Å². The van der Waals surface area contributed by atoms with Crippen LogP contribution in [0.2, 0.25) is 0 Å². The van der Waals surface area contributed by atoms with Crippen LogP contribution in [-0.2, 0) is 6.42 Å². The van der Waals surface area contributed by atoms with Crippen LogP contribution in [0.4, 0.5) is 19.0 Å². The highest BCUT2D eigenvalue weighted by Gasteiger charge is 2.28. The summed E-state index contributed by atoms with van der Waals surface area (Å²) in [5.74, 6) is 4.57. The molecular formula is C10H13F3N4O. The Kier molecular flexibility index (Phi) is 4.49. The van der Waals surface area contributed by atoms with Crippen molar-refractivity contribution < 1.29 is 18.0 Å². The van der Waals surface area contributed by atoms with E-state index >= 15 is 0 Å². The van der Waals surface area contributed by atoms with Crippen LogP contribution in [0.5, 0.6) is 0 Å². The third-order valence-corrected chi connectivity index (χ3v) is 2.10. The first kappa shape index (κ1) is 14.2. The van der Waals surface area contributed by atoms with Gasteiger partial charge in [0.25, 0.3) is 5.91 Å². The Bertz CT molecular complexity index is 411. The lowest BCUT2D eigenvalue weighted by Crippen LogP contribution is -2.33. The van der Waals surface area contributed by atoms with Gasteiger partial charge in [-0.1, -0.05) is 6.92 Å². The van der Waals surface area contributed by atoms with Crippen LogP contribution >= 0.6 is 0 Å². The monoisotopic (exact) mass is 262 g/mol. The number of alkyl halides is 3. The molecule has 0 aliphatic heterocycles. The maximum absolute atomic E-state index is 12.0. The number of aryl methyl sites for hydroxylation is 1. The summed E-state index contributed by atoms with van der Waals surface area (Å²) in [5.41, 5.74) is 2.90. The molecule has 8 heteroatoms. The number of carbonyl (C=O) groups excluding carboxylic acids is 1. The molecule has 0 saturated carbocycles. The van der Waals surface area contributed by atoms with Crippen LogP contribution in [0.25, 0.3) is 0 Å². The first-order valence-corrected chi connectivity index (χ1v) is 5.18. The normalized spacial score (nSPS) is 11.2. The minimum atomic E-state index is -4.44. The maximum Gasteiger partial charge on any atom is 0.405 e. The van der Waals surface area contributed by atoms with Gasteiger partial charge in [0.05, 0.1) is 0 Å². The van der Waals surface area contributed by atoms with Gasteiger partial charge in [-0.25, -0.2) is 10.8 Å². The van der Waals surface area contributed by atoms with Crippen LogP contribution in [0, 0.1) is 0 Å². The fraction of sp³-hybridized carbons (Fsp3) is 0.400. The van der Waals surface area contributed by atoms with Crippen molar-refractivity contribution >= 4 is 11.7 Å². The lowest BCUT2D eigenvalue weighted by atomic mass is 10.2. The molecular weight excluding hydrogens is 249 g/mol. The van der Waals surface area contributed by atoms with Crippen LogP contribution in [0.3, 0.4) is 0 Å². The Hall–Kier alpha value is -1.83. The number of hydrazine groups is 1. The van der Waals surface area contributed by atoms with E-state index in [0.29, 0.717) is 12.1 Å². The number of aromatic nitrogens is 1. The summed E-state index contributed by atoms with van der Waals surface area (Å²) in [4.78, 5) is 15.5. The topological polar surface area (TPSA) is 80.0 Å². The quantitative estimate of drug-likeness (QED) is 0.563. The van der Waals surface area contributed by atoms with Crippen molar-refractivity contribution in [3.05, 3.63) is 23.4 Å². The molecule has 1 aromatic heterocycles. The number of carbonyl (C=O) groups is 1. The smallest absolute Gasteiger partial charge is 0.343 e. The zero-order valence-corrected chi connectivity index (χ0v) is 9.64. The number of anilines is 1. The fourth-order valence-electron chi connectivity index (χ4n) is 1.26. The van der Waals surface area contributed by atoms with Crippen molar-refractivity contribution in [1.29, 1.82) is 0 Å². The Balaban J connectivity index is 2.84. The number of nitrogens with one attached hydrogen (secondary N) is 2. The molecule has 18 heavy (non-hydrogen) atoms. The van der Waals surface area contributed by atoms with Gasteiger partial charge >= 0.3 is 6.18 Å². The molecule has 4 N–H and O–H groups in total. The summed E-state index contributed by atoms with van der Waals surface area (Å²) in [6, 6.07) is 2.71. The molecule has 0 unspecified atom stereocenters. The van der Waals surface area contributed by atoms with Crippen LogP contribution in [-0.4, -0.2) is 23.6 Å². The van der Waals surface area contributed by atoms with E-state index in [4.69, 9.17) is 5.84 Å². The number of rotatable bonds is 4. The van der Waals surface area contributed by atoms with Crippen LogP contribution < -0.4 is 16.6 Å². The molecule has 1 amide bonds. The minimum absolute atomic E-state index is 0.0825. The summed E-state index contributed by atoms with van der Waals surface area (Å²) in [6.07, 6.45) is -3.90. The minimum Gasteiger partial charge on any atom is -0.343 e. The number of nitrogens with two attached hydrogens (primary N) is 1. The van der Waals surface area contributed by atoms with Gasteiger partial charge in [0, 0.05) is 11.3 Å². The zero-order valence-electron chi connectivity index (χ0n) is 9.64. The third kappa shape index (κ3) is 4.21. The molecule has 0 saturated heterocycles. The Labute approximate surface area is 102 Å². The van der Waals surface area contributed by atoms with Gasteiger partial charge in [-0.3, -0.25) is 4.79 Å². The highest BCUT2D eigenvalue weighted by atomic mass is 19.4. The van der Waals surface area contributed by atoms with Crippen molar-refractivity contribution in [1.82, 2.24) is 10.3 Å². The van der Waals surface area contributed by atoms with E-state index in [1.807, 2.05) is 0 Å². The predicted molar refractivity (Wildman–Crippen MR) is 59.8 cm³/mol. The van der Waals surface area contributed by atoms with Crippen molar-refractivity contribution in [2.24, 2.45) is 5.84 Å². The molecule has 0 aliphatic carbocycles. The summed E-state index contributed by atoms with van der Waals surface area (Å²) in [7, 11) is 0. The molecule has 1 heterocycles. The van der Waals surface area contributed by atoms with E-state index in [2.05, 4.69) is 10.4 Å². The van der Waals surface area contributed by atoms with Crippen molar-refractivity contribution in [3.8, 4) is 0 Å². The van der Waals surface area contributed by atoms with E-state index in [1.54, 1.807) is 12.2 Å². The average molecular weight is 262 g/mol. The predicted octanol–water partition coefficient (Wildman–Crippen LogP) is 1.22. The second kappa shape index (κ2) is 5.67. The molecule has 100 valence electrons. The number of nitrogens with zero attached hydrogens (tertiary/aromatic N) is 1. The summed E-state index contributed by atoms with van der Waals surface area (Å²) < 4.78 is 35.9. The van der Waals surface area contributed by atoms with E-state index in [9.17, 15) is 18.0 Å². The number of amides is 1. The summed E-state index contributed by atoms with van der Waals surface area (Å²) >= 11 is 0. The van der Waals surface area contributed by atoms with Crippen molar-refractivity contribution in [3.63, 3.8) is 0 Å². The van der Waals surface area contributed by atoms with Gasteiger partial charge in [-0.15, -0.1) is 0 Å². The van der Waals surface area contributed by atoms with Crippen molar-refractivity contribution in [2.45, 2.75) is 19.5 Å². The molecule has 1 aromatic rings. The van der Waals surface area contributed by atoms with E-state index in [1.165, 1.54) is 12.1 Å². The second-order valence-electron chi connectivity index (χ2n) is 3.53. The largest absolute Gasteiger partial charge is 0.405 e. The molecule has 0 radical (unpaired) electrons. The summed E-state index contributed by atoms with van der Waals surface area (Å²) in [5, 5.41) is 1.78. The molecule has 0 fully saturated rings. The highest BCUT2D eigenvalue weighted by molar-refractivity contribution is 5.95. The maximum atomic E-state index is 12.0. The van der Waals surface area contributed by atoms with Gasteiger partial charge in [-0.2, -0.15) is 13.2 Å². The van der Waals surface area contributed by atoms with Gasteiger partial charge in [0.2, 0.25) is 0 Å². The number of hydrogen-bond acceptors (Lipinski definition) is 4. The molecule has 5 nitrogen and oxygen atoms in total. The molecule has 0 bridgehead atoms. The van der Waals surface area contributed by atoms with Gasteiger partial charge < -0.3 is 10.7 Å². The first-order valence-electron chi connectivity index (χ1n) is 5.18. The fourth-order valence-corrected chi connectivity index (χ4v) is 1.26. The average Bonchev–Trinajstić information content (AvgIpc) is 2.34. The standard InChI is InChI=1S/C10H13F3N4O/c1-2-7-3-6(4-8(16-7)17-14)9(18)15-5-10(11,12)13/h3-4H,2,5,14H2,1H3,(H,15,18)(H,16,17). The lowest BCUT2D eigenvalue weighted by Gasteiger charge is -2.10. The Morgan fingerprint density at radius 2 is 2.11 bits per heavy atom. The zero-order chi connectivity index (χ0) is 13.8. The third-order valence-electron chi connectivity index (χ3n) is 2.10. The molecule has 0 spiro atoms. The van der Waals surface area contributed by atoms with Gasteiger partial charge in [-0.05, 0) is 18.6 Å². The van der Waals surface area contributed by atoms with Crippen molar-refractivity contribution in [2.75, 3.05) is 12.0 Å². The summed E-state index contributed by atoms with van der Waals surface area (Å²) in [6.45, 7) is 0.432. The second-order valence-corrected chi connectivity index (χ2v) is 3.53. The Morgan fingerprint density at radius 1 is 1.44 bits per heavy atom. The number of nitrogen functional groups attached to an aromatic ring is 1. The molecule has 0 aromatic carbocycles. The van der Waals surface area contributed by atoms with Gasteiger partial charge in [0.15, 0.2) is 0 Å². The van der Waals surface area contributed by atoms with E-state index in [-0.39, 0.29) is 11.4 Å².